The Hall–Kier alpha value is -4.22. The van der Waals surface area contributed by atoms with Crippen molar-refractivity contribution in [2.75, 3.05) is 26.2 Å². The van der Waals surface area contributed by atoms with Crippen LogP contribution in [0.1, 0.15) is 72.1 Å². The van der Waals surface area contributed by atoms with Crippen molar-refractivity contribution < 1.29 is 9.59 Å². The lowest BCUT2D eigenvalue weighted by Crippen LogP contribution is -2.27. The van der Waals surface area contributed by atoms with E-state index in [1.807, 2.05) is 0 Å². The van der Waals surface area contributed by atoms with Crippen molar-refractivity contribution in [3.05, 3.63) is 47.8 Å². The zero-order chi connectivity index (χ0) is 27.6. The van der Waals surface area contributed by atoms with Crippen molar-refractivity contribution in [3.63, 3.8) is 0 Å². The fourth-order valence-electron chi connectivity index (χ4n) is 3.75. The molecule has 0 aliphatic rings. The molecule has 0 aliphatic heterocycles. The van der Waals surface area contributed by atoms with Gasteiger partial charge in [0, 0.05) is 38.6 Å². The van der Waals surface area contributed by atoms with Gasteiger partial charge in [0.1, 0.15) is 11.4 Å². The Morgan fingerprint density at radius 1 is 0.632 bits per heavy atom. The molecule has 2 heterocycles. The van der Waals surface area contributed by atoms with Gasteiger partial charge < -0.3 is 33.6 Å². The highest BCUT2D eigenvalue weighted by Gasteiger charge is 2.20. The number of aromatic nitrogens is 2. The number of amides is 2. The number of pyridine rings is 2. The summed E-state index contributed by atoms with van der Waals surface area (Å²) in [4.78, 5) is 42.6. The number of unbranched alkanes of at least 4 members (excludes halogenated alkanes) is 6. The van der Waals surface area contributed by atoms with Crippen LogP contribution in [0.15, 0.2) is 46.6 Å². The first kappa shape index (κ1) is 30.0. The molecule has 12 heteroatoms. The summed E-state index contributed by atoms with van der Waals surface area (Å²) in [5, 5.41) is 5.88. The summed E-state index contributed by atoms with van der Waals surface area (Å²) in [5.74, 6) is -0.312. The molecule has 206 valence electrons. The molecule has 38 heavy (non-hydrogen) atoms. The second kappa shape index (κ2) is 17.3. The van der Waals surface area contributed by atoms with E-state index >= 15 is 0 Å². The van der Waals surface area contributed by atoms with Crippen LogP contribution in [-0.4, -0.2) is 59.9 Å². The fraction of sp³-hybridized carbons (Fsp3) is 0.462. The Morgan fingerprint density at radius 3 is 1.42 bits per heavy atom. The van der Waals surface area contributed by atoms with Gasteiger partial charge in [-0.05, 0) is 49.9 Å². The lowest BCUT2D eigenvalue weighted by molar-refractivity contribution is 0.0943. The van der Waals surface area contributed by atoms with Gasteiger partial charge in [0.2, 0.25) is 0 Å². The highest BCUT2D eigenvalue weighted by atomic mass is 16.2. The van der Waals surface area contributed by atoms with Crippen molar-refractivity contribution in [1.29, 1.82) is 0 Å². The number of hydrogen-bond acceptors (Lipinski definition) is 6. The molecule has 0 fully saturated rings. The molecule has 0 atom stereocenters. The summed E-state index contributed by atoms with van der Waals surface area (Å²) in [5.41, 5.74) is 22.7. The number of nitrogens with two attached hydrogens (primary N) is 4. The number of carbonyl (C=O) groups excluding carboxylic acids is 2. The first-order valence-electron chi connectivity index (χ1n) is 13.0. The predicted octanol–water partition coefficient (Wildman–Crippen LogP) is 1.27. The van der Waals surface area contributed by atoms with E-state index in [9.17, 15) is 9.59 Å². The number of nitrogens with zero attached hydrogens (tertiary/aromatic N) is 4. The standard InChI is InChI=1S/C26H40N10O2/c27-25(28)35-15-7-3-1-5-13-33-23(37)19-11-9-17-31-21(19)22-20(12-10-18-32-22)24(38)34-14-6-2-4-8-16-36-26(29)30/h9-12,17-18H,1-8,13-16H2,(H,33,37)(H,34,38)(H4,27,28,35)(H4,29,30,36). The third kappa shape index (κ3) is 11.2. The van der Waals surface area contributed by atoms with Gasteiger partial charge in [-0.2, -0.15) is 0 Å². The Balaban J connectivity index is 1.89. The molecule has 0 unspecified atom stereocenters. The average Bonchev–Trinajstić information content (AvgIpc) is 2.91. The predicted molar refractivity (Wildman–Crippen MR) is 150 cm³/mol. The maximum Gasteiger partial charge on any atom is 0.253 e. The van der Waals surface area contributed by atoms with Gasteiger partial charge in [-0.15, -0.1) is 0 Å². The molecule has 2 aromatic heterocycles. The van der Waals surface area contributed by atoms with E-state index < -0.39 is 0 Å². The smallest absolute Gasteiger partial charge is 0.253 e. The topological polar surface area (TPSA) is 213 Å². The van der Waals surface area contributed by atoms with Crippen LogP contribution in [0.4, 0.5) is 0 Å². The minimum atomic E-state index is -0.258. The molecule has 10 N–H and O–H groups in total. The molecule has 0 saturated carbocycles. The van der Waals surface area contributed by atoms with Gasteiger partial charge in [0.05, 0.1) is 11.1 Å². The van der Waals surface area contributed by atoms with Crippen molar-refractivity contribution in [2.45, 2.75) is 51.4 Å². The quantitative estimate of drug-likeness (QED) is 0.100. The molecule has 2 rings (SSSR count). The first-order valence-corrected chi connectivity index (χ1v) is 13.0. The third-order valence-corrected chi connectivity index (χ3v) is 5.66. The van der Waals surface area contributed by atoms with Crippen LogP contribution in [-0.2, 0) is 0 Å². The molecule has 0 spiro atoms. The summed E-state index contributed by atoms with van der Waals surface area (Å²) in [6.07, 6.45) is 10.4. The Kier molecular flexibility index (Phi) is 13.6. The molecule has 12 nitrogen and oxygen atoms in total. The Labute approximate surface area is 223 Å². The van der Waals surface area contributed by atoms with Crippen LogP contribution < -0.4 is 33.6 Å². The largest absolute Gasteiger partial charge is 0.370 e. The Morgan fingerprint density at radius 2 is 1.03 bits per heavy atom. The van der Waals surface area contributed by atoms with Gasteiger partial charge >= 0.3 is 0 Å². The molecule has 0 saturated heterocycles. The lowest BCUT2D eigenvalue weighted by atomic mass is 10.0. The van der Waals surface area contributed by atoms with E-state index in [0.717, 1.165) is 51.4 Å². The summed E-state index contributed by atoms with van der Waals surface area (Å²) in [6, 6.07) is 6.76. The van der Waals surface area contributed by atoms with Crippen LogP contribution in [0.25, 0.3) is 11.4 Å². The molecule has 0 bridgehead atoms. The highest BCUT2D eigenvalue weighted by Crippen LogP contribution is 2.23. The van der Waals surface area contributed by atoms with E-state index in [1.54, 1.807) is 36.7 Å². The summed E-state index contributed by atoms with van der Waals surface area (Å²) < 4.78 is 0. The maximum atomic E-state index is 12.9. The SMILES string of the molecule is NC(N)=NCCCCCCNC(=O)c1cccnc1-c1ncccc1C(=O)NCCCCCCN=C(N)N. The van der Waals surface area contributed by atoms with Crippen molar-refractivity contribution in [2.24, 2.45) is 32.9 Å². The average molecular weight is 525 g/mol. The number of aliphatic imine (C=N–C) groups is 2. The van der Waals surface area contributed by atoms with Gasteiger partial charge in [-0.1, -0.05) is 25.7 Å². The highest BCUT2D eigenvalue weighted by molar-refractivity contribution is 6.04. The number of rotatable bonds is 17. The normalized spacial score (nSPS) is 10.4. The van der Waals surface area contributed by atoms with Crippen LogP contribution in [0.3, 0.4) is 0 Å². The number of hydrogen-bond donors (Lipinski definition) is 6. The van der Waals surface area contributed by atoms with Crippen LogP contribution >= 0.6 is 0 Å². The van der Waals surface area contributed by atoms with E-state index in [1.165, 1.54) is 0 Å². The number of guanidine groups is 2. The van der Waals surface area contributed by atoms with E-state index in [2.05, 4.69) is 30.6 Å². The third-order valence-electron chi connectivity index (χ3n) is 5.66. The molecular formula is C26H40N10O2. The fourth-order valence-corrected chi connectivity index (χ4v) is 3.75. The minimum absolute atomic E-state index is 0.102. The minimum Gasteiger partial charge on any atom is -0.370 e. The molecule has 0 aliphatic carbocycles. The zero-order valence-electron chi connectivity index (χ0n) is 21.9. The van der Waals surface area contributed by atoms with Gasteiger partial charge in [-0.25, -0.2) is 0 Å². The van der Waals surface area contributed by atoms with Gasteiger partial charge in [0.15, 0.2) is 11.9 Å². The summed E-state index contributed by atoms with van der Waals surface area (Å²) in [6.45, 7) is 2.26. The Bertz CT molecular complexity index is 994. The summed E-state index contributed by atoms with van der Waals surface area (Å²) in [7, 11) is 0. The van der Waals surface area contributed by atoms with Crippen LogP contribution in [0.2, 0.25) is 0 Å². The second-order valence-corrected chi connectivity index (χ2v) is 8.75. The lowest BCUT2D eigenvalue weighted by Gasteiger charge is -2.12. The van der Waals surface area contributed by atoms with Gasteiger partial charge in [-0.3, -0.25) is 29.5 Å². The zero-order valence-corrected chi connectivity index (χ0v) is 21.9. The van der Waals surface area contributed by atoms with Gasteiger partial charge in [0.25, 0.3) is 11.8 Å². The van der Waals surface area contributed by atoms with Crippen LogP contribution in [0.5, 0.6) is 0 Å². The van der Waals surface area contributed by atoms with Crippen molar-refractivity contribution in [3.8, 4) is 11.4 Å². The van der Waals surface area contributed by atoms with Crippen molar-refractivity contribution in [1.82, 2.24) is 20.6 Å². The van der Waals surface area contributed by atoms with E-state index in [4.69, 9.17) is 22.9 Å². The number of carbonyl (C=O) groups is 2. The molecule has 2 aromatic rings. The second-order valence-electron chi connectivity index (χ2n) is 8.75. The molecular weight excluding hydrogens is 484 g/mol. The molecule has 0 aromatic carbocycles. The number of nitrogens with one attached hydrogen (secondary N) is 2. The van der Waals surface area contributed by atoms with E-state index in [0.29, 0.717) is 48.7 Å². The maximum absolute atomic E-state index is 12.9. The summed E-state index contributed by atoms with van der Waals surface area (Å²) >= 11 is 0. The van der Waals surface area contributed by atoms with Crippen LogP contribution in [0, 0.1) is 0 Å². The molecule has 0 radical (unpaired) electrons. The first-order chi connectivity index (χ1) is 18.4. The molecule has 2 amide bonds. The monoisotopic (exact) mass is 524 g/mol. The van der Waals surface area contributed by atoms with Crippen molar-refractivity contribution >= 4 is 23.7 Å². The van der Waals surface area contributed by atoms with E-state index in [-0.39, 0.29) is 23.7 Å².